The zero-order valence-corrected chi connectivity index (χ0v) is 37.6. The van der Waals surface area contributed by atoms with Crippen molar-refractivity contribution in [3.8, 4) is 22.9 Å². The molecule has 12 heteroatoms. The molecule has 2 amide bonds. The Morgan fingerprint density at radius 1 is 0.763 bits per heavy atom. The largest absolute Gasteiger partial charge is 0.494 e. The molecule has 320 valence electrons. The lowest BCUT2D eigenvalue weighted by Crippen LogP contribution is -2.39. The molecule has 59 heavy (non-hydrogen) atoms. The van der Waals surface area contributed by atoms with Gasteiger partial charge < -0.3 is 20.1 Å². The van der Waals surface area contributed by atoms with Gasteiger partial charge in [-0.1, -0.05) is 119 Å². The lowest BCUT2D eigenvalue weighted by atomic mass is 9.76. The first kappa shape index (κ1) is 46.9. The highest BCUT2D eigenvalue weighted by Gasteiger charge is 2.38. The third kappa shape index (κ3) is 13.1. The number of carbonyl (C=O) groups is 3. The van der Waals surface area contributed by atoms with Crippen LogP contribution in [0.25, 0.3) is 11.4 Å². The van der Waals surface area contributed by atoms with Crippen molar-refractivity contribution in [3.05, 3.63) is 76.8 Å². The van der Waals surface area contributed by atoms with Crippen molar-refractivity contribution in [2.45, 2.75) is 144 Å². The first-order valence-electron chi connectivity index (χ1n) is 21.1. The maximum atomic E-state index is 13.9. The van der Waals surface area contributed by atoms with Gasteiger partial charge in [0.15, 0.2) is 5.78 Å². The number of rotatable bonds is 22. The average molecular weight is 830 g/mol. The molecule has 1 unspecified atom stereocenters. The molecule has 0 saturated carbocycles. The van der Waals surface area contributed by atoms with E-state index in [0.717, 1.165) is 42.0 Å². The van der Waals surface area contributed by atoms with Crippen molar-refractivity contribution < 1.29 is 23.9 Å². The molecule has 0 spiro atoms. The van der Waals surface area contributed by atoms with Crippen molar-refractivity contribution in [1.82, 2.24) is 20.2 Å². The van der Waals surface area contributed by atoms with Gasteiger partial charge in [-0.3, -0.25) is 14.4 Å². The van der Waals surface area contributed by atoms with Crippen LogP contribution < -0.4 is 20.1 Å². The van der Waals surface area contributed by atoms with Crippen LogP contribution in [0.3, 0.4) is 0 Å². The molecule has 11 nitrogen and oxygen atoms in total. The van der Waals surface area contributed by atoms with E-state index in [1.54, 1.807) is 39.0 Å². The second kappa shape index (κ2) is 21.0. The zero-order valence-electron chi connectivity index (χ0n) is 36.8. The summed E-state index contributed by atoms with van der Waals surface area (Å²) in [6.07, 6.45) is 8.48. The minimum atomic E-state index is -1.45. The molecule has 0 radical (unpaired) electrons. The van der Waals surface area contributed by atoms with Crippen LogP contribution in [0.1, 0.15) is 144 Å². The van der Waals surface area contributed by atoms with E-state index in [0.29, 0.717) is 30.9 Å². The van der Waals surface area contributed by atoms with E-state index in [1.165, 1.54) is 30.4 Å². The Morgan fingerprint density at radius 2 is 1.44 bits per heavy atom. The monoisotopic (exact) mass is 828 g/mol. The van der Waals surface area contributed by atoms with Crippen LogP contribution in [0.4, 0.5) is 11.4 Å². The van der Waals surface area contributed by atoms with Crippen LogP contribution >= 0.6 is 11.6 Å². The van der Waals surface area contributed by atoms with Crippen molar-refractivity contribution in [3.63, 3.8) is 0 Å². The lowest BCUT2D eigenvalue weighted by molar-refractivity contribution is -0.136. The number of carbonyl (C=O) groups excluding carboxylic acids is 3. The Labute approximate surface area is 356 Å². The lowest BCUT2D eigenvalue weighted by Gasteiger charge is -2.30. The molecule has 0 aliphatic rings. The minimum absolute atomic E-state index is 0.0560. The number of halogens is 1. The first-order valence-corrected chi connectivity index (χ1v) is 21.5. The number of Topliss-reactive ketones (excluding diaryl/α,β-unsaturated/α-hetero) is 1. The number of ketones is 1. The highest BCUT2D eigenvalue weighted by molar-refractivity contribution is 6.34. The number of tetrazole rings is 1. The van der Waals surface area contributed by atoms with Crippen LogP contribution in [0.2, 0.25) is 5.02 Å². The van der Waals surface area contributed by atoms with E-state index in [2.05, 4.69) is 92.7 Å². The fraction of sp³-hybridized carbons (Fsp3) is 0.532. The smallest absolute Gasteiger partial charge is 0.258 e. The van der Waals surface area contributed by atoms with Gasteiger partial charge in [0, 0.05) is 28.7 Å². The highest BCUT2D eigenvalue weighted by Crippen LogP contribution is 2.39. The summed E-state index contributed by atoms with van der Waals surface area (Å²) in [6.45, 7) is 21.7. The third-order valence-corrected chi connectivity index (χ3v) is 11.4. The van der Waals surface area contributed by atoms with Gasteiger partial charge in [-0.25, -0.2) is 0 Å². The molecule has 1 atom stereocenters. The normalized spacial score (nSPS) is 12.5. The molecule has 2 N–H and O–H groups in total. The molecule has 0 fully saturated rings. The number of hydrogen-bond donors (Lipinski definition) is 2. The van der Waals surface area contributed by atoms with Crippen LogP contribution in [0.15, 0.2) is 60.7 Å². The topological polar surface area (TPSA) is 137 Å². The molecular formula is C47H65ClN6O5. The number of anilines is 2. The number of unbranched alkanes of at least 4 members (excludes halogenated alkanes) is 4. The van der Waals surface area contributed by atoms with Crippen LogP contribution in [-0.2, 0) is 25.2 Å². The second-order valence-electron chi connectivity index (χ2n) is 17.6. The molecule has 0 saturated heterocycles. The maximum absolute atomic E-state index is 13.9. The van der Waals surface area contributed by atoms with Gasteiger partial charge in [0.1, 0.15) is 11.5 Å². The standard InChI is InChI=1S/C47H65ClN6O5/c1-11-14-15-16-17-28-58-35-24-20-32(21-25-35)43-51-53-54(52-43)41(42(56)45(4,5)6)44(57)50-38-31-34(23-26-37(38)48)49-40(55)19-18-29-59-39-27-22-33(46(7,8)12-2)30-36(39)47(9,10)13-3/h20-27,30-31,41H,11-19,28-29H2,1-10H3,(H,49,55)(H,50,57). The van der Waals surface area contributed by atoms with Gasteiger partial charge >= 0.3 is 0 Å². The maximum Gasteiger partial charge on any atom is 0.258 e. The van der Waals surface area contributed by atoms with E-state index in [9.17, 15) is 14.4 Å². The summed E-state index contributed by atoms with van der Waals surface area (Å²) in [5, 5.41) is 18.6. The van der Waals surface area contributed by atoms with Gasteiger partial charge in [-0.05, 0) is 95.8 Å². The molecule has 1 aromatic heterocycles. The molecule has 4 rings (SSSR count). The number of aromatic nitrogens is 4. The third-order valence-electron chi connectivity index (χ3n) is 11.1. The Kier molecular flexibility index (Phi) is 16.7. The van der Waals surface area contributed by atoms with Crippen molar-refractivity contribution in [1.29, 1.82) is 0 Å². The van der Waals surface area contributed by atoms with Gasteiger partial charge in [0.25, 0.3) is 5.91 Å². The summed E-state index contributed by atoms with van der Waals surface area (Å²) in [5.41, 5.74) is 2.82. The molecule has 0 aliphatic heterocycles. The molecule has 0 bridgehead atoms. The summed E-state index contributed by atoms with van der Waals surface area (Å²) >= 11 is 6.52. The molecular weight excluding hydrogens is 764 g/mol. The van der Waals surface area contributed by atoms with E-state index < -0.39 is 23.1 Å². The highest BCUT2D eigenvalue weighted by atomic mass is 35.5. The summed E-state index contributed by atoms with van der Waals surface area (Å²) in [4.78, 5) is 41.7. The van der Waals surface area contributed by atoms with E-state index in [4.69, 9.17) is 21.1 Å². The predicted molar refractivity (Wildman–Crippen MR) is 238 cm³/mol. The Morgan fingerprint density at radius 3 is 2.10 bits per heavy atom. The number of benzene rings is 3. The Bertz CT molecular complexity index is 2020. The SMILES string of the molecule is CCCCCCCOc1ccc(-c2nnn(C(C(=O)Nc3cc(NC(=O)CCCOc4ccc(C(C)(C)CC)cc4C(C)(C)CC)ccc3Cl)C(=O)C(C)(C)C)n2)cc1. The number of ether oxygens (including phenoxy) is 2. The van der Waals surface area contributed by atoms with Crippen LogP contribution in [0.5, 0.6) is 11.5 Å². The van der Waals surface area contributed by atoms with Gasteiger partial charge in [-0.2, -0.15) is 0 Å². The number of nitrogens with one attached hydrogen (secondary N) is 2. The van der Waals surface area contributed by atoms with Crippen molar-refractivity contribution in [2.75, 3.05) is 23.8 Å². The van der Waals surface area contributed by atoms with E-state index in [-0.39, 0.29) is 39.7 Å². The van der Waals surface area contributed by atoms with Gasteiger partial charge in [0.2, 0.25) is 17.8 Å². The molecule has 3 aromatic carbocycles. The van der Waals surface area contributed by atoms with Crippen molar-refractivity contribution in [2.24, 2.45) is 5.41 Å². The van der Waals surface area contributed by atoms with Crippen LogP contribution in [0, 0.1) is 5.41 Å². The number of hydrogen-bond acceptors (Lipinski definition) is 8. The number of amides is 2. The average Bonchev–Trinajstić information content (AvgIpc) is 3.68. The minimum Gasteiger partial charge on any atom is -0.494 e. The summed E-state index contributed by atoms with van der Waals surface area (Å²) in [7, 11) is 0. The summed E-state index contributed by atoms with van der Waals surface area (Å²) in [5.74, 6) is 0.493. The summed E-state index contributed by atoms with van der Waals surface area (Å²) < 4.78 is 12.2. The Balaban J connectivity index is 1.40. The van der Waals surface area contributed by atoms with Gasteiger partial charge in [-0.15, -0.1) is 15.0 Å². The summed E-state index contributed by atoms with van der Waals surface area (Å²) in [6, 6.07) is 17.1. The van der Waals surface area contributed by atoms with Crippen LogP contribution in [-0.4, -0.2) is 51.0 Å². The molecule has 0 aliphatic carbocycles. The van der Waals surface area contributed by atoms with E-state index >= 15 is 0 Å². The van der Waals surface area contributed by atoms with E-state index in [1.807, 2.05) is 24.3 Å². The molecule has 1 heterocycles. The fourth-order valence-corrected chi connectivity index (χ4v) is 6.49. The number of nitrogens with zero attached hydrogens (tertiary/aromatic N) is 4. The Hall–Kier alpha value is -4.77. The fourth-order valence-electron chi connectivity index (χ4n) is 6.32. The molecule has 4 aromatic rings. The first-order chi connectivity index (χ1) is 27.9. The predicted octanol–water partition coefficient (Wildman–Crippen LogP) is 11.3. The van der Waals surface area contributed by atoms with Gasteiger partial charge in [0.05, 0.1) is 23.9 Å². The second-order valence-corrected chi connectivity index (χ2v) is 18.0. The quantitative estimate of drug-likeness (QED) is 0.0590. The zero-order chi connectivity index (χ0) is 43.4. The van der Waals surface area contributed by atoms with Crippen molar-refractivity contribution >= 4 is 40.6 Å².